The molecule has 3 rings (SSSR count). The number of hydrogen-bond donors (Lipinski definition) is 1. The van der Waals surface area contributed by atoms with E-state index >= 15 is 0 Å². The highest BCUT2D eigenvalue weighted by atomic mass is 16.5. The summed E-state index contributed by atoms with van der Waals surface area (Å²) in [6, 6.07) is 7.07. The molecule has 1 N–H and O–H groups in total. The molecule has 0 aliphatic carbocycles. The lowest BCUT2D eigenvalue weighted by Gasteiger charge is -2.48. The Morgan fingerprint density at radius 3 is 2.48 bits per heavy atom. The molecule has 0 spiro atoms. The van der Waals surface area contributed by atoms with Crippen LogP contribution in [-0.2, 0) is 6.54 Å². The van der Waals surface area contributed by atoms with Gasteiger partial charge in [-0.05, 0) is 31.7 Å². The van der Waals surface area contributed by atoms with E-state index in [0.717, 1.165) is 30.9 Å². The summed E-state index contributed by atoms with van der Waals surface area (Å²) in [7, 11) is 3.37. The summed E-state index contributed by atoms with van der Waals surface area (Å²) < 4.78 is 10.9. The van der Waals surface area contributed by atoms with Crippen LogP contribution in [0.25, 0.3) is 0 Å². The molecule has 4 heteroatoms. The molecule has 0 radical (unpaired) electrons. The van der Waals surface area contributed by atoms with E-state index in [1.807, 2.05) is 12.1 Å². The molecule has 0 amide bonds. The molecule has 2 aliphatic heterocycles. The molecular weight excluding hydrogens is 266 g/mol. The summed E-state index contributed by atoms with van der Waals surface area (Å²) in [4.78, 5) is 2.56. The van der Waals surface area contributed by atoms with E-state index in [1.54, 1.807) is 14.2 Å². The number of hydrogen-bond acceptors (Lipinski definition) is 4. The Morgan fingerprint density at radius 2 is 1.86 bits per heavy atom. The molecule has 2 aliphatic rings. The van der Waals surface area contributed by atoms with Gasteiger partial charge in [0.1, 0.15) is 0 Å². The number of nitrogens with zero attached hydrogens (tertiary/aromatic N) is 1. The van der Waals surface area contributed by atoms with E-state index in [-0.39, 0.29) is 6.10 Å². The predicted molar refractivity (Wildman–Crippen MR) is 81.8 cm³/mol. The van der Waals surface area contributed by atoms with Crippen molar-refractivity contribution < 1.29 is 14.6 Å². The Hall–Kier alpha value is -1.26. The first-order valence-electron chi connectivity index (χ1n) is 7.86. The summed E-state index contributed by atoms with van der Waals surface area (Å²) in [5.74, 6) is 1.63. The molecule has 1 aromatic carbocycles. The first-order chi connectivity index (χ1) is 10.2. The summed E-state index contributed by atoms with van der Waals surface area (Å²) in [5, 5.41) is 10.0. The van der Waals surface area contributed by atoms with Crippen molar-refractivity contribution in [2.45, 2.75) is 56.8 Å². The second-order valence-corrected chi connectivity index (χ2v) is 6.19. The molecular formula is C17H25NO3. The number of para-hydroxylation sites is 1. The second kappa shape index (κ2) is 6.24. The Kier molecular flexibility index (Phi) is 4.36. The molecule has 2 bridgehead atoms. The lowest BCUT2D eigenvalue weighted by Crippen LogP contribution is -2.52. The van der Waals surface area contributed by atoms with E-state index in [9.17, 15) is 5.11 Å². The molecule has 3 atom stereocenters. The fourth-order valence-corrected chi connectivity index (χ4v) is 3.98. The molecule has 0 aromatic heterocycles. The second-order valence-electron chi connectivity index (χ2n) is 6.19. The molecule has 0 saturated carbocycles. The van der Waals surface area contributed by atoms with Gasteiger partial charge < -0.3 is 14.6 Å². The molecule has 116 valence electrons. The molecule has 21 heavy (non-hydrogen) atoms. The summed E-state index contributed by atoms with van der Waals surface area (Å²) in [6.07, 6.45) is 5.36. The first-order valence-corrected chi connectivity index (χ1v) is 7.86. The van der Waals surface area contributed by atoms with Gasteiger partial charge in [0, 0.05) is 24.2 Å². The molecule has 1 aromatic rings. The van der Waals surface area contributed by atoms with Crippen molar-refractivity contribution >= 4 is 0 Å². The van der Waals surface area contributed by atoms with Gasteiger partial charge in [-0.3, -0.25) is 4.90 Å². The topological polar surface area (TPSA) is 41.9 Å². The van der Waals surface area contributed by atoms with Crippen LogP contribution in [0, 0.1) is 0 Å². The van der Waals surface area contributed by atoms with Crippen LogP contribution in [0.5, 0.6) is 11.5 Å². The maximum Gasteiger partial charge on any atom is 0.165 e. The average Bonchev–Trinajstić information content (AvgIpc) is 2.47. The van der Waals surface area contributed by atoms with Gasteiger partial charge in [0.15, 0.2) is 11.5 Å². The van der Waals surface area contributed by atoms with Crippen LogP contribution in [0.3, 0.4) is 0 Å². The van der Waals surface area contributed by atoms with Crippen molar-refractivity contribution in [3.05, 3.63) is 23.8 Å². The van der Waals surface area contributed by atoms with Gasteiger partial charge in [0.05, 0.1) is 20.3 Å². The van der Waals surface area contributed by atoms with Gasteiger partial charge in [-0.2, -0.15) is 0 Å². The molecule has 2 fully saturated rings. The van der Waals surface area contributed by atoms with E-state index < -0.39 is 0 Å². The minimum absolute atomic E-state index is 0.122. The van der Waals surface area contributed by atoms with E-state index in [1.165, 1.54) is 24.8 Å². The van der Waals surface area contributed by atoms with Crippen LogP contribution in [-0.4, -0.2) is 42.4 Å². The average molecular weight is 291 g/mol. The number of ether oxygens (including phenoxy) is 2. The molecule has 2 heterocycles. The number of aliphatic hydroxyl groups is 1. The van der Waals surface area contributed by atoms with Crippen molar-refractivity contribution in [1.29, 1.82) is 0 Å². The van der Waals surface area contributed by atoms with Crippen molar-refractivity contribution in [3.8, 4) is 11.5 Å². The van der Waals surface area contributed by atoms with E-state index in [4.69, 9.17) is 9.47 Å². The highest BCUT2D eigenvalue weighted by Gasteiger charge is 2.37. The van der Waals surface area contributed by atoms with E-state index in [2.05, 4.69) is 11.0 Å². The molecule has 1 unspecified atom stereocenters. The zero-order valence-electron chi connectivity index (χ0n) is 12.9. The minimum Gasteiger partial charge on any atom is -0.493 e. The SMILES string of the molecule is COc1cccc(CN2[C@@H]3CCC[C@H]2CC(O)C3)c1OC. The van der Waals surface area contributed by atoms with Gasteiger partial charge in [-0.15, -0.1) is 0 Å². The van der Waals surface area contributed by atoms with Crippen molar-refractivity contribution in [2.24, 2.45) is 0 Å². The van der Waals surface area contributed by atoms with Crippen molar-refractivity contribution in [3.63, 3.8) is 0 Å². The maximum absolute atomic E-state index is 10.0. The number of fused-ring (bicyclic) bond motifs is 2. The fraction of sp³-hybridized carbons (Fsp3) is 0.647. The standard InChI is InChI=1S/C17H25NO3/c1-20-16-8-3-5-12(17(16)21-2)11-18-13-6-4-7-14(18)10-15(19)9-13/h3,5,8,13-15,19H,4,6-7,9-11H2,1-2H3/t13-,14+,15?. The smallest absolute Gasteiger partial charge is 0.165 e. The van der Waals surface area contributed by atoms with Crippen LogP contribution in [0.15, 0.2) is 18.2 Å². The fourth-order valence-electron chi connectivity index (χ4n) is 3.98. The summed E-state index contributed by atoms with van der Waals surface area (Å²) in [5.41, 5.74) is 1.17. The zero-order valence-corrected chi connectivity index (χ0v) is 12.9. The summed E-state index contributed by atoms with van der Waals surface area (Å²) >= 11 is 0. The number of aliphatic hydroxyl groups excluding tert-OH is 1. The number of benzene rings is 1. The molecule has 2 saturated heterocycles. The van der Waals surface area contributed by atoms with Gasteiger partial charge >= 0.3 is 0 Å². The van der Waals surface area contributed by atoms with Crippen molar-refractivity contribution in [1.82, 2.24) is 4.90 Å². The van der Waals surface area contributed by atoms with Crippen molar-refractivity contribution in [2.75, 3.05) is 14.2 Å². The normalized spacial score (nSPS) is 29.2. The van der Waals surface area contributed by atoms with Crippen LogP contribution in [0.1, 0.15) is 37.7 Å². The van der Waals surface area contributed by atoms with Gasteiger partial charge in [0.2, 0.25) is 0 Å². The number of methoxy groups -OCH3 is 2. The third-order valence-corrected chi connectivity index (χ3v) is 4.94. The Morgan fingerprint density at radius 1 is 1.14 bits per heavy atom. The Bertz CT molecular complexity index is 477. The third kappa shape index (κ3) is 2.87. The number of piperidine rings is 2. The van der Waals surface area contributed by atoms with Gasteiger partial charge in [-0.25, -0.2) is 0 Å². The summed E-state index contributed by atoms with van der Waals surface area (Å²) in [6.45, 7) is 0.877. The van der Waals surface area contributed by atoms with Crippen LogP contribution in [0.4, 0.5) is 0 Å². The number of rotatable bonds is 4. The van der Waals surface area contributed by atoms with Gasteiger partial charge in [0.25, 0.3) is 0 Å². The van der Waals surface area contributed by atoms with Gasteiger partial charge in [-0.1, -0.05) is 18.6 Å². The highest BCUT2D eigenvalue weighted by molar-refractivity contribution is 5.46. The van der Waals surface area contributed by atoms with Crippen LogP contribution in [0.2, 0.25) is 0 Å². The lowest BCUT2D eigenvalue weighted by atomic mass is 9.82. The maximum atomic E-state index is 10.0. The predicted octanol–water partition coefficient (Wildman–Crippen LogP) is 2.58. The Balaban J connectivity index is 1.83. The monoisotopic (exact) mass is 291 g/mol. The minimum atomic E-state index is -0.122. The zero-order chi connectivity index (χ0) is 14.8. The largest absolute Gasteiger partial charge is 0.493 e. The van der Waals surface area contributed by atoms with Crippen LogP contribution < -0.4 is 9.47 Å². The van der Waals surface area contributed by atoms with E-state index in [0.29, 0.717) is 12.1 Å². The highest BCUT2D eigenvalue weighted by Crippen LogP contribution is 2.38. The van der Waals surface area contributed by atoms with Crippen LogP contribution >= 0.6 is 0 Å². The molecule has 4 nitrogen and oxygen atoms in total. The first kappa shape index (κ1) is 14.7. The lowest BCUT2D eigenvalue weighted by molar-refractivity contribution is -0.0315. The third-order valence-electron chi connectivity index (χ3n) is 4.94. The quantitative estimate of drug-likeness (QED) is 0.926. The Labute approximate surface area is 126 Å².